The van der Waals surface area contributed by atoms with E-state index in [1.165, 1.54) is 35.1 Å². The molecule has 1 fully saturated rings. The molecule has 0 radical (unpaired) electrons. The molecule has 0 amide bonds. The number of benzene rings is 1. The highest BCUT2D eigenvalue weighted by molar-refractivity contribution is 5.86. The molecule has 1 atom stereocenters. The zero-order chi connectivity index (χ0) is 13.1. The Morgan fingerprint density at radius 1 is 1.22 bits per heavy atom. The molecule has 2 rings (SSSR count). The molecule has 0 aliphatic carbocycles. The third-order valence-corrected chi connectivity index (χ3v) is 3.89. The van der Waals surface area contributed by atoms with Gasteiger partial charge in [-0.25, -0.2) is 0 Å². The van der Waals surface area contributed by atoms with Gasteiger partial charge in [0, 0.05) is 6.42 Å². The topological polar surface area (TPSA) is 29.1 Å². The summed E-state index contributed by atoms with van der Waals surface area (Å²) in [5.74, 6) is 0.352. The van der Waals surface area contributed by atoms with Crippen LogP contribution in [0.1, 0.15) is 41.5 Å². The second-order valence-corrected chi connectivity index (χ2v) is 5.52. The lowest BCUT2D eigenvalue weighted by atomic mass is 9.91. The van der Waals surface area contributed by atoms with E-state index >= 15 is 0 Å². The Kier molecular flexibility index (Phi) is 4.18. The van der Waals surface area contributed by atoms with Gasteiger partial charge in [-0.3, -0.25) is 4.79 Å². The summed E-state index contributed by atoms with van der Waals surface area (Å²) in [6.45, 7) is 7.31. The maximum Gasteiger partial charge on any atom is 0.154 e. The van der Waals surface area contributed by atoms with Crippen LogP contribution >= 0.6 is 0 Å². The van der Waals surface area contributed by atoms with Crippen molar-refractivity contribution >= 4 is 5.78 Å². The Hall–Kier alpha value is -1.15. The van der Waals surface area contributed by atoms with Gasteiger partial charge in [0.2, 0.25) is 0 Å². The van der Waals surface area contributed by atoms with Gasteiger partial charge in [-0.2, -0.15) is 0 Å². The smallest absolute Gasteiger partial charge is 0.154 e. The number of hydrogen-bond donors (Lipinski definition) is 1. The molecule has 0 aromatic heterocycles. The number of hydrogen-bond acceptors (Lipinski definition) is 2. The lowest BCUT2D eigenvalue weighted by Gasteiger charge is -2.23. The molecule has 1 saturated heterocycles. The maximum atomic E-state index is 12.3. The van der Waals surface area contributed by atoms with Gasteiger partial charge in [0.15, 0.2) is 5.78 Å². The summed E-state index contributed by atoms with van der Waals surface area (Å²) in [5.41, 5.74) is 4.99. The molecule has 1 aromatic rings. The van der Waals surface area contributed by atoms with Gasteiger partial charge >= 0.3 is 0 Å². The maximum absolute atomic E-state index is 12.3. The van der Waals surface area contributed by atoms with E-state index in [9.17, 15) is 4.79 Å². The van der Waals surface area contributed by atoms with E-state index < -0.39 is 0 Å². The van der Waals surface area contributed by atoms with Gasteiger partial charge in [0.05, 0.1) is 6.04 Å². The summed E-state index contributed by atoms with van der Waals surface area (Å²) in [5, 5.41) is 3.34. The number of nitrogens with one attached hydrogen (secondary N) is 1. The van der Waals surface area contributed by atoms with E-state index in [0.29, 0.717) is 12.2 Å². The first kappa shape index (κ1) is 13.3. The van der Waals surface area contributed by atoms with Crippen LogP contribution in [-0.2, 0) is 11.2 Å². The fraction of sp³-hybridized carbons (Fsp3) is 0.562. The molecule has 0 saturated carbocycles. The van der Waals surface area contributed by atoms with Crippen LogP contribution in [0.3, 0.4) is 0 Å². The molecule has 1 N–H and O–H groups in total. The van der Waals surface area contributed by atoms with Crippen molar-refractivity contribution in [2.75, 3.05) is 6.54 Å². The lowest BCUT2D eigenvalue weighted by molar-refractivity contribution is -0.120. The van der Waals surface area contributed by atoms with Crippen molar-refractivity contribution in [3.05, 3.63) is 34.4 Å². The minimum atomic E-state index is 0.0823. The zero-order valence-electron chi connectivity index (χ0n) is 11.7. The number of piperidine rings is 1. The minimum absolute atomic E-state index is 0.0823. The lowest BCUT2D eigenvalue weighted by Crippen LogP contribution is -2.41. The number of ketones is 1. The Morgan fingerprint density at radius 2 is 1.89 bits per heavy atom. The molecule has 1 aromatic carbocycles. The Balaban J connectivity index is 2.11. The van der Waals surface area contributed by atoms with Crippen LogP contribution in [0.5, 0.6) is 0 Å². The Morgan fingerprint density at radius 3 is 2.44 bits per heavy atom. The molecule has 0 spiro atoms. The largest absolute Gasteiger partial charge is 0.307 e. The highest BCUT2D eigenvalue weighted by Gasteiger charge is 2.21. The molecule has 2 nitrogen and oxygen atoms in total. The molecule has 18 heavy (non-hydrogen) atoms. The molecular weight excluding hydrogens is 222 g/mol. The van der Waals surface area contributed by atoms with E-state index in [1.54, 1.807) is 0 Å². The summed E-state index contributed by atoms with van der Waals surface area (Å²) in [4.78, 5) is 12.3. The highest BCUT2D eigenvalue weighted by atomic mass is 16.1. The van der Waals surface area contributed by atoms with E-state index in [-0.39, 0.29) is 6.04 Å². The van der Waals surface area contributed by atoms with E-state index in [1.807, 2.05) is 0 Å². The number of Topliss-reactive ketones (excluding diaryl/α,β-unsaturated/α-hetero) is 1. The normalized spacial score (nSPS) is 19.8. The van der Waals surface area contributed by atoms with Gasteiger partial charge in [0.25, 0.3) is 0 Å². The standard InChI is InChI=1S/C16H23NO/c1-11-8-12(2)14(13(3)9-11)10-16(18)15-6-4-5-7-17-15/h8-9,15,17H,4-7,10H2,1-3H3. The molecule has 2 heteroatoms. The quantitative estimate of drug-likeness (QED) is 0.887. The third-order valence-electron chi connectivity index (χ3n) is 3.89. The highest BCUT2D eigenvalue weighted by Crippen LogP contribution is 2.19. The third kappa shape index (κ3) is 2.99. The van der Waals surface area contributed by atoms with Gasteiger partial charge < -0.3 is 5.32 Å². The molecular formula is C16H23NO. The molecule has 1 unspecified atom stereocenters. The van der Waals surface area contributed by atoms with Crippen LogP contribution in [0, 0.1) is 20.8 Å². The summed E-state index contributed by atoms with van der Waals surface area (Å²) in [7, 11) is 0. The fourth-order valence-corrected chi connectivity index (χ4v) is 2.91. The van der Waals surface area contributed by atoms with E-state index in [2.05, 4.69) is 38.2 Å². The fourth-order valence-electron chi connectivity index (χ4n) is 2.91. The van der Waals surface area contributed by atoms with Crippen LogP contribution in [0.2, 0.25) is 0 Å². The van der Waals surface area contributed by atoms with Crippen molar-refractivity contribution in [1.29, 1.82) is 0 Å². The average Bonchev–Trinajstić information content (AvgIpc) is 2.34. The van der Waals surface area contributed by atoms with Crippen molar-refractivity contribution in [2.24, 2.45) is 0 Å². The van der Waals surface area contributed by atoms with Crippen molar-refractivity contribution in [1.82, 2.24) is 5.32 Å². The summed E-state index contributed by atoms with van der Waals surface area (Å²) in [6, 6.07) is 4.42. The van der Waals surface area contributed by atoms with Gasteiger partial charge in [-0.05, 0) is 56.8 Å². The number of aryl methyl sites for hydroxylation is 3. The predicted molar refractivity (Wildman–Crippen MR) is 75.0 cm³/mol. The molecule has 98 valence electrons. The summed E-state index contributed by atoms with van der Waals surface area (Å²) < 4.78 is 0. The van der Waals surface area contributed by atoms with Crippen molar-refractivity contribution in [3.8, 4) is 0 Å². The first-order valence-electron chi connectivity index (χ1n) is 6.91. The second-order valence-electron chi connectivity index (χ2n) is 5.52. The van der Waals surface area contributed by atoms with Crippen molar-refractivity contribution < 1.29 is 4.79 Å². The number of carbonyl (C=O) groups excluding carboxylic acids is 1. The predicted octanol–water partition coefficient (Wildman–Crippen LogP) is 2.87. The first-order chi connectivity index (χ1) is 8.58. The zero-order valence-corrected chi connectivity index (χ0v) is 11.7. The number of carbonyl (C=O) groups is 1. The monoisotopic (exact) mass is 245 g/mol. The van der Waals surface area contributed by atoms with E-state index in [4.69, 9.17) is 0 Å². The van der Waals surface area contributed by atoms with Crippen LogP contribution < -0.4 is 5.32 Å². The molecule has 1 aliphatic heterocycles. The minimum Gasteiger partial charge on any atom is -0.307 e. The van der Waals surface area contributed by atoms with Crippen LogP contribution in [0.4, 0.5) is 0 Å². The van der Waals surface area contributed by atoms with Crippen molar-refractivity contribution in [3.63, 3.8) is 0 Å². The van der Waals surface area contributed by atoms with Gasteiger partial charge in [0.1, 0.15) is 0 Å². The Labute approximate surface area is 110 Å². The first-order valence-corrected chi connectivity index (χ1v) is 6.91. The molecule has 0 bridgehead atoms. The van der Waals surface area contributed by atoms with Crippen LogP contribution in [0.15, 0.2) is 12.1 Å². The van der Waals surface area contributed by atoms with Crippen LogP contribution in [0.25, 0.3) is 0 Å². The average molecular weight is 245 g/mol. The Bertz CT molecular complexity index is 421. The summed E-state index contributed by atoms with van der Waals surface area (Å²) >= 11 is 0. The summed E-state index contributed by atoms with van der Waals surface area (Å²) in [6.07, 6.45) is 3.96. The number of rotatable bonds is 3. The van der Waals surface area contributed by atoms with Crippen molar-refractivity contribution in [2.45, 2.75) is 52.5 Å². The van der Waals surface area contributed by atoms with Gasteiger partial charge in [-0.1, -0.05) is 24.1 Å². The SMILES string of the molecule is Cc1cc(C)c(CC(=O)C2CCCCN2)c(C)c1. The second kappa shape index (κ2) is 5.66. The molecule has 1 aliphatic rings. The van der Waals surface area contributed by atoms with Gasteiger partial charge in [-0.15, -0.1) is 0 Å². The van der Waals surface area contributed by atoms with E-state index in [0.717, 1.165) is 13.0 Å². The molecule has 1 heterocycles. The van der Waals surface area contributed by atoms with Crippen LogP contribution in [-0.4, -0.2) is 18.4 Å².